The number of hydrogen-bond donors (Lipinski definition) is 1. The van der Waals surface area contributed by atoms with Gasteiger partial charge in [0.25, 0.3) is 0 Å². The molecule has 2 aliphatic rings. The van der Waals surface area contributed by atoms with Gasteiger partial charge in [0.15, 0.2) is 0 Å². The molecule has 3 heteroatoms. The number of nitrogens with one attached hydrogen (secondary N) is 1. The van der Waals surface area contributed by atoms with Crippen LogP contribution in [0.3, 0.4) is 0 Å². The highest BCUT2D eigenvalue weighted by atomic mass is 14.9. The molecule has 0 spiro atoms. The molecule has 1 aromatic rings. The molecule has 0 bridgehead atoms. The molecule has 1 atom stereocenters. The van der Waals surface area contributed by atoms with Crippen LogP contribution >= 0.6 is 0 Å². The van der Waals surface area contributed by atoms with Crippen LogP contribution in [-0.2, 0) is 6.42 Å². The summed E-state index contributed by atoms with van der Waals surface area (Å²) >= 11 is 0. The van der Waals surface area contributed by atoms with Gasteiger partial charge in [-0.1, -0.05) is 6.42 Å². The summed E-state index contributed by atoms with van der Waals surface area (Å²) in [4.78, 5) is 8.80. The Kier molecular flexibility index (Phi) is 2.87. The third kappa shape index (κ3) is 2.09. The van der Waals surface area contributed by atoms with Gasteiger partial charge in [0.1, 0.15) is 6.33 Å². The van der Waals surface area contributed by atoms with Gasteiger partial charge in [0.2, 0.25) is 0 Å². The molecule has 0 aromatic carbocycles. The van der Waals surface area contributed by atoms with E-state index in [2.05, 4.69) is 21.4 Å². The largest absolute Gasteiger partial charge is 0.314 e. The van der Waals surface area contributed by atoms with E-state index in [1.807, 2.05) is 0 Å². The highest BCUT2D eigenvalue weighted by Gasteiger charge is 2.22. The first kappa shape index (κ1) is 10.2. The fourth-order valence-electron chi connectivity index (χ4n) is 2.64. The van der Waals surface area contributed by atoms with Crippen LogP contribution in [0.4, 0.5) is 0 Å². The molecular weight excluding hydrogens is 198 g/mol. The van der Waals surface area contributed by atoms with Gasteiger partial charge in [-0.3, -0.25) is 0 Å². The Morgan fingerprint density at radius 2 is 2.12 bits per heavy atom. The summed E-state index contributed by atoms with van der Waals surface area (Å²) in [5.41, 5.74) is 2.49. The third-order valence-corrected chi connectivity index (χ3v) is 3.89. The summed E-state index contributed by atoms with van der Waals surface area (Å²) in [6.45, 7) is 1.17. The van der Waals surface area contributed by atoms with E-state index in [0.717, 1.165) is 12.3 Å². The molecule has 16 heavy (non-hydrogen) atoms. The molecule has 0 amide bonds. The van der Waals surface area contributed by atoms with Gasteiger partial charge in [-0.05, 0) is 38.3 Å². The monoisotopic (exact) mass is 217 g/mol. The van der Waals surface area contributed by atoms with Crippen molar-refractivity contribution in [2.45, 2.75) is 50.5 Å². The van der Waals surface area contributed by atoms with Crippen molar-refractivity contribution in [1.82, 2.24) is 15.3 Å². The van der Waals surface area contributed by atoms with Gasteiger partial charge < -0.3 is 5.32 Å². The molecule has 0 radical (unpaired) electrons. The fraction of sp³-hybridized carbons (Fsp3) is 0.692. The lowest BCUT2D eigenvalue weighted by molar-refractivity contribution is 0.410. The maximum Gasteiger partial charge on any atom is 0.115 e. The van der Waals surface area contributed by atoms with Crippen molar-refractivity contribution in [1.29, 1.82) is 0 Å². The fourth-order valence-corrected chi connectivity index (χ4v) is 2.64. The van der Waals surface area contributed by atoms with Gasteiger partial charge >= 0.3 is 0 Å². The first-order valence-electron chi connectivity index (χ1n) is 6.46. The SMILES string of the molecule is c1nc(CC2CCCN2)cc(C2CCC2)n1. The first-order valence-corrected chi connectivity index (χ1v) is 6.46. The van der Waals surface area contributed by atoms with Crippen LogP contribution < -0.4 is 5.32 Å². The number of hydrogen-bond acceptors (Lipinski definition) is 3. The smallest absolute Gasteiger partial charge is 0.115 e. The van der Waals surface area contributed by atoms with Gasteiger partial charge in [0, 0.05) is 29.8 Å². The van der Waals surface area contributed by atoms with Crippen molar-refractivity contribution >= 4 is 0 Å². The summed E-state index contributed by atoms with van der Waals surface area (Å²) in [6.07, 6.45) is 9.43. The third-order valence-electron chi connectivity index (χ3n) is 3.89. The van der Waals surface area contributed by atoms with Crippen LogP contribution in [0.15, 0.2) is 12.4 Å². The molecule has 1 aromatic heterocycles. The average molecular weight is 217 g/mol. The van der Waals surface area contributed by atoms with E-state index in [0.29, 0.717) is 6.04 Å². The van der Waals surface area contributed by atoms with Gasteiger partial charge in [0.05, 0.1) is 0 Å². The maximum absolute atomic E-state index is 4.40. The molecule has 1 saturated carbocycles. The summed E-state index contributed by atoms with van der Waals surface area (Å²) in [7, 11) is 0. The molecule has 1 aliphatic heterocycles. The Bertz CT molecular complexity index is 354. The molecule has 86 valence electrons. The van der Waals surface area contributed by atoms with Crippen molar-refractivity contribution in [3.63, 3.8) is 0 Å². The first-order chi connectivity index (χ1) is 7.92. The summed E-state index contributed by atoms with van der Waals surface area (Å²) in [6, 6.07) is 2.87. The van der Waals surface area contributed by atoms with E-state index < -0.39 is 0 Å². The minimum Gasteiger partial charge on any atom is -0.314 e. The van der Waals surface area contributed by atoms with Crippen LogP contribution in [0.2, 0.25) is 0 Å². The average Bonchev–Trinajstić information content (AvgIpc) is 2.68. The van der Waals surface area contributed by atoms with E-state index in [1.54, 1.807) is 6.33 Å². The Morgan fingerprint density at radius 1 is 1.19 bits per heavy atom. The second kappa shape index (κ2) is 4.50. The molecule has 2 heterocycles. The van der Waals surface area contributed by atoms with E-state index in [9.17, 15) is 0 Å². The molecule has 3 nitrogen and oxygen atoms in total. The van der Waals surface area contributed by atoms with Crippen LogP contribution in [0.25, 0.3) is 0 Å². The van der Waals surface area contributed by atoms with E-state index in [4.69, 9.17) is 0 Å². The zero-order chi connectivity index (χ0) is 10.8. The zero-order valence-electron chi connectivity index (χ0n) is 9.65. The summed E-state index contributed by atoms with van der Waals surface area (Å²) in [5, 5.41) is 3.52. The lowest BCUT2D eigenvalue weighted by Gasteiger charge is -2.24. The lowest BCUT2D eigenvalue weighted by atomic mass is 9.82. The Hall–Kier alpha value is -0.960. The van der Waals surface area contributed by atoms with E-state index >= 15 is 0 Å². The van der Waals surface area contributed by atoms with Gasteiger partial charge in [-0.2, -0.15) is 0 Å². The molecule has 1 unspecified atom stereocenters. The van der Waals surface area contributed by atoms with Crippen LogP contribution in [0.1, 0.15) is 49.4 Å². The van der Waals surface area contributed by atoms with Crippen LogP contribution in [-0.4, -0.2) is 22.6 Å². The van der Waals surface area contributed by atoms with Crippen molar-refractivity contribution in [3.05, 3.63) is 23.8 Å². The number of aromatic nitrogens is 2. The topological polar surface area (TPSA) is 37.8 Å². The predicted octanol–water partition coefficient (Wildman–Crippen LogP) is 2.04. The van der Waals surface area contributed by atoms with Gasteiger partial charge in [-0.15, -0.1) is 0 Å². The minimum atomic E-state index is 0.643. The molecule has 1 aliphatic carbocycles. The second-order valence-electron chi connectivity index (χ2n) is 5.06. The maximum atomic E-state index is 4.40. The van der Waals surface area contributed by atoms with E-state index in [-0.39, 0.29) is 0 Å². The molecular formula is C13H19N3. The Balaban J connectivity index is 1.68. The second-order valence-corrected chi connectivity index (χ2v) is 5.06. The lowest BCUT2D eigenvalue weighted by Crippen LogP contribution is -2.24. The molecule has 1 N–H and O–H groups in total. The summed E-state index contributed by atoms with van der Waals surface area (Å²) in [5.74, 6) is 0.721. The number of nitrogens with zero attached hydrogens (tertiary/aromatic N) is 2. The van der Waals surface area contributed by atoms with Gasteiger partial charge in [-0.25, -0.2) is 9.97 Å². The zero-order valence-corrected chi connectivity index (χ0v) is 9.65. The molecule has 1 saturated heterocycles. The van der Waals surface area contributed by atoms with E-state index in [1.165, 1.54) is 50.0 Å². The predicted molar refractivity (Wildman–Crippen MR) is 63.4 cm³/mol. The van der Waals surface area contributed by atoms with Crippen molar-refractivity contribution < 1.29 is 0 Å². The Labute approximate surface area is 96.7 Å². The Morgan fingerprint density at radius 3 is 2.81 bits per heavy atom. The quantitative estimate of drug-likeness (QED) is 0.842. The van der Waals surface area contributed by atoms with Crippen LogP contribution in [0.5, 0.6) is 0 Å². The molecule has 3 rings (SSSR count). The standard InChI is InChI=1S/C13H19N3/c1-3-10(4-1)13-8-12(15-9-16-13)7-11-5-2-6-14-11/h8-11,14H,1-7H2. The summed E-state index contributed by atoms with van der Waals surface area (Å²) < 4.78 is 0. The normalized spacial score (nSPS) is 25.6. The van der Waals surface area contributed by atoms with Crippen molar-refractivity contribution in [2.75, 3.05) is 6.54 Å². The van der Waals surface area contributed by atoms with Crippen molar-refractivity contribution in [3.8, 4) is 0 Å². The van der Waals surface area contributed by atoms with Crippen molar-refractivity contribution in [2.24, 2.45) is 0 Å². The number of rotatable bonds is 3. The minimum absolute atomic E-state index is 0.643. The highest BCUT2D eigenvalue weighted by molar-refractivity contribution is 5.15. The van der Waals surface area contributed by atoms with Crippen LogP contribution in [0, 0.1) is 0 Å². The highest BCUT2D eigenvalue weighted by Crippen LogP contribution is 2.35. The molecule has 2 fully saturated rings.